The lowest BCUT2D eigenvalue weighted by atomic mass is 9.99. The number of nitrogens with one attached hydrogen (secondary N) is 1. The van der Waals surface area contributed by atoms with Gasteiger partial charge in [-0.3, -0.25) is 9.69 Å². The van der Waals surface area contributed by atoms with Gasteiger partial charge in [-0.1, -0.05) is 53.6 Å². The molecule has 1 N–H and O–H groups in total. The third-order valence-electron chi connectivity index (χ3n) is 5.13. The number of methoxy groups -OCH3 is 1. The number of benzene rings is 2. The fraction of sp³-hybridized carbons (Fsp3) is 0.435. The van der Waals surface area contributed by atoms with E-state index < -0.39 is 0 Å². The second kappa shape index (κ2) is 9.16. The van der Waals surface area contributed by atoms with Crippen molar-refractivity contribution in [2.75, 3.05) is 20.2 Å². The Kier molecular flexibility index (Phi) is 6.64. The van der Waals surface area contributed by atoms with Gasteiger partial charge in [-0.05, 0) is 49.9 Å². The number of carbonyl (C=O) groups excluding carboxylic acids is 1. The smallest absolute Gasteiger partial charge is 0.234 e. The van der Waals surface area contributed by atoms with E-state index in [1.54, 1.807) is 7.11 Å². The van der Waals surface area contributed by atoms with Crippen molar-refractivity contribution < 1.29 is 9.53 Å². The molecule has 1 atom stereocenters. The summed E-state index contributed by atoms with van der Waals surface area (Å²) in [5.41, 5.74) is 6.14. The van der Waals surface area contributed by atoms with Crippen LogP contribution in [0.4, 0.5) is 0 Å². The predicted octanol–water partition coefficient (Wildman–Crippen LogP) is 3.90. The van der Waals surface area contributed by atoms with Crippen LogP contribution in [0.2, 0.25) is 0 Å². The van der Waals surface area contributed by atoms with Crippen molar-refractivity contribution in [1.29, 1.82) is 0 Å². The Bertz CT molecular complexity index is 767. The molecule has 2 aromatic carbocycles. The zero-order chi connectivity index (χ0) is 19.2. The SMILES string of the molecule is COCc1cccc(CNC(=O)CN2CCCC2c2cc(C)cc(C)c2)c1. The van der Waals surface area contributed by atoms with E-state index in [9.17, 15) is 4.79 Å². The van der Waals surface area contributed by atoms with Crippen molar-refractivity contribution >= 4 is 5.91 Å². The Hall–Kier alpha value is -2.17. The lowest BCUT2D eigenvalue weighted by Crippen LogP contribution is -2.36. The van der Waals surface area contributed by atoms with E-state index in [0.717, 1.165) is 30.5 Å². The van der Waals surface area contributed by atoms with Crippen LogP contribution in [0.5, 0.6) is 0 Å². The van der Waals surface area contributed by atoms with Crippen molar-refractivity contribution in [2.45, 2.75) is 45.9 Å². The van der Waals surface area contributed by atoms with Gasteiger partial charge in [0.25, 0.3) is 0 Å². The van der Waals surface area contributed by atoms with Gasteiger partial charge in [0.2, 0.25) is 5.91 Å². The van der Waals surface area contributed by atoms with E-state index in [4.69, 9.17) is 4.74 Å². The fourth-order valence-electron chi connectivity index (χ4n) is 4.03. The van der Waals surface area contributed by atoms with E-state index in [1.165, 1.54) is 16.7 Å². The molecule has 0 aromatic heterocycles. The summed E-state index contributed by atoms with van der Waals surface area (Å²) in [7, 11) is 1.69. The summed E-state index contributed by atoms with van der Waals surface area (Å²) in [6.45, 7) is 6.86. The lowest BCUT2D eigenvalue weighted by Gasteiger charge is -2.25. The van der Waals surface area contributed by atoms with Crippen LogP contribution in [0.15, 0.2) is 42.5 Å². The average molecular weight is 367 g/mol. The number of carbonyl (C=O) groups is 1. The molecule has 0 saturated carbocycles. The molecule has 2 aromatic rings. The highest BCUT2D eigenvalue weighted by atomic mass is 16.5. The number of ether oxygens (including phenoxy) is 1. The second-order valence-corrected chi connectivity index (χ2v) is 7.58. The van der Waals surface area contributed by atoms with Crippen LogP contribution >= 0.6 is 0 Å². The number of likely N-dealkylation sites (tertiary alicyclic amines) is 1. The Labute approximate surface area is 162 Å². The van der Waals surface area contributed by atoms with Crippen molar-refractivity contribution in [2.24, 2.45) is 0 Å². The van der Waals surface area contributed by atoms with Crippen LogP contribution in [0.3, 0.4) is 0 Å². The first-order valence-electron chi connectivity index (χ1n) is 9.71. The first-order chi connectivity index (χ1) is 13.0. The standard InChI is InChI=1S/C23H30N2O2/c1-17-10-18(2)12-21(11-17)22-8-5-9-25(22)15-23(26)24-14-19-6-4-7-20(13-19)16-27-3/h4,6-7,10-13,22H,5,8-9,14-16H2,1-3H3,(H,24,26). The molecule has 0 bridgehead atoms. The highest BCUT2D eigenvalue weighted by Crippen LogP contribution is 2.32. The van der Waals surface area contributed by atoms with Gasteiger partial charge in [0, 0.05) is 19.7 Å². The third-order valence-corrected chi connectivity index (χ3v) is 5.13. The normalized spacial score (nSPS) is 17.2. The maximum Gasteiger partial charge on any atom is 0.234 e. The number of hydrogen-bond acceptors (Lipinski definition) is 3. The molecular weight excluding hydrogens is 336 g/mol. The maximum absolute atomic E-state index is 12.5. The van der Waals surface area contributed by atoms with Crippen LogP contribution in [-0.4, -0.2) is 31.0 Å². The van der Waals surface area contributed by atoms with E-state index in [1.807, 2.05) is 18.2 Å². The van der Waals surface area contributed by atoms with Crippen molar-refractivity contribution in [1.82, 2.24) is 10.2 Å². The van der Waals surface area contributed by atoms with Crippen molar-refractivity contribution in [3.8, 4) is 0 Å². The number of hydrogen-bond donors (Lipinski definition) is 1. The van der Waals surface area contributed by atoms with E-state index in [0.29, 0.717) is 25.7 Å². The minimum atomic E-state index is 0.0865. The van der Waals surface area contributed by atoms with E-state index >= 15 is 0 Å². The molecule has 1 fully saturated rings. The summed E-state index contributed by atoms with van der Waals surface area (Å²) in [5.74, 6) is 0.0865. The van der Waals surface area contributed by atoms with Gasteiger partial charge in [0.15, 0.2) is 0 Å². The Morgan fingerprint density at radius 3 is 2.63 bits per heavy atom. The predicted molar refractivity (Wildman–Crippen MR) is 108 cm³/mol. The molecule has 0 aliphatic carbocycles. The molecule has 4 nitrogen and oxygen atoms in total. The lowest BCUT2D eigenvalue weighted by molar-refractivity contribution is -0.122. The molecule has 0 spiro atoms. The van der Waals surface area contributed by atoms with Gasteiger partial charge in [-0.2, -0.15) is 0 Å². The summed E-state index contributed by atoms with van der Waals surface area (Å²) in [4.78, 5) is 14.8. The van der Waals surface area contributed by atoms with Gasteiger partial charge >= 0.3 is 0 Å². The maximum atomic E-state index is 12.5. The van der Waals surface area contributed by atoms with Crippen LogP contribution in [0.1, 0.15) is 46.7 Å². The molecule has 3 rings (SSSR count). The minimum absolute atomic E-state index is 0.0865. The van der Waals surface area contributed by atoms with Gasteiger partial charge in [-0.25, -0.2) is 0 Å². The summed E-state index contributed by atoms with van der Waals surface area (Å²) >= 11 is 0. The number of aryl methyl sites for hydroxylation is 2. The van der Waals surface area contributed by atoms with Crippen LogP contribution in [-0.2, 0) is 22.7 Å². The molecule has 27 heavy (non-hydrogen) atoms. The Morgan fingerprint density at radius 1 is 1.15 bits per heavy atom. The Morgan fingerprint density at radius 2 is 1.89 bits per heavy atom. The summed E-state index contributed by atoms with van der Waals surface area (Å²) < 4.78 is 5.17. The molecule has 1 unspecified atom stereocenters. The van der Waals surface area contributed by atoms with Gasteiger partial charge in [0.05, 0.1) is 13.2 Å². The monoisotopic (exact) mass is 366 g/mol. The highest BCUT2D eigenvalue weighted by Gasteiger charge is 2.27. The number of rotatable bonds is 7. The van der Waals surface area contributed by atoms with Crippen molar-refractivity contribution in [3.63, 3.8) is 0 Å². The Balaban J connectivity index is 1.57. The molecule has 1 aliphatic heterocycles. The molecule has 1 saturated heterocycles. The largest absolute Gasteiger partial charge is 0.380 e. The molecule has 1 aliphatic rings. The quantitative estimate of drug-likeness (QED) is 0.808. The zero-order valence-corrected chi connectivity index (χ0v) is 16.6. The molecule has 1 heterocycles. The van der Waals surface area contributed by atoms with Crippen LogP contribution in [0, 0.1) is 13.8 Å². The first-order valence-corrected chi connectivity index (χ1v) is 9.71. The minimum Gasteiger partial charge on any atom is -0.380 e. The third kappa shape index (κ3) is 5.41. The topological polar surface area (TPSA) is 41.6 Å². The molecule has 4 heteroatoms. The summed E-state index contributed by atoms with van der Waals surface area (Å²) in [6, 6.07) is 15.2. The van der Waals surface area contributed by atoms with Gasteiger partial charge in [-0.15, -0.1) is 0 Å². The van der Waals surface area contributed by atoms with Gasteiger partial charge in [0.1, 0.15) is 0 Å². The van der Waals surface area contributed by atoms with Crippen LogP contribution < -0.4 is 5.32 Å². The number of nitrogens with zero attached hydrogens (tertiary/aromatic N) is 1. The fourth-order valence-corrected chi connectivity index (χ4v) is 4.03. The highest BCUT2D eigenvalue weighted by molar-refractivity contribution is 5.78. The van der Waals surface area contributed by atoms with E-state index in [-0.39, 0.29) is 5.91 Å². The van der Waals surface area contributed by atoms with Gasteiger partial charge < -0.3 is 10.1 Å². The van der Waals surface area contributed by atoms with Crippen molar-refractivity contribution in [3.05, 3.63) is 70.3 Å². The molecular formula is C23H30N2O2. The van der Waals surface area contributed by atoms with E-state index in [2.05, 4.69) is 48.3 Å². The zero-order valence-electron chi connectivity index (χ0n) is 16.6. The molecule has 144 valence electrons. The first kappa shape index (κ1) is 19.6. The summed E-state index contributed by atoms with van der Waals surface area (Å²) in [6.07, 6.45) is 2.26. The molecule has 1 amide bonds. The summed E-state index contributed by atoms with van der Waals surface area (Å²) in [5, 5.41) is 3.07. The second-order valence-electron chi connectivity index (χ2n) is 7.58. The molecule has 0 radical (unpaired) electrons. The average Bonchev–Trinajstić information content (AvgIpc) is 3.08. The van der Waals surface area contributed by atoms with Crippen LogP contribution in [0.25, 0.3) is 0 Å². The number of amides is 1.